The van der Waals surface area contributed by atoms with E-state index in [0.717, 1.165) is 178 Å². The Morgan fingerprint density at radius 1 is 0.372 bits per heavy atom. The van der Waals surface area contributed by atoms with E-state index in [0.29, 0.717) is 41.4 Å². The van der Waals surface area contributed by atoms with Gasteiger partial charge in [-0.3, -0.25) is 24.8 Å². The fraction of sp³-hybridized carbons (Fsp3) is 0.429. The number of hydrogen-bond acceptors (Lipinski definition) is 17. The van der Waals surface area contributed by atoms with Crippen LogP contribution in [0.4, 0.5) is 17.6 Å². The third-order valence-electron chi connectivity index (χ3n) is 25.4. The van der Waals surface area contributed by atoms with Crippen LogP contribution in [0.25, 0.3) is 67.2 Å². The van der Waals surface area contributed by atoms with Crippen molar-refractivity contribution < 1.29 is 13.9 Å². The van der Waals surface area contributed by atoms with Crippen molar-refractivity contribution in [1.29, 1.82) is 0 Å². The molecule has 5 fully saturated rings. The number of piperidine rings is 4. The lowest BCUT2D eigenvalue weighted by Gasteiger charge is -2.31. The fourth-order valence-corrected chi connectivity index (χ4v) is 17.0. The highest BCUT2D eigenvalue weighted by atomic mass is 16.5. The van der Waals surface area contributed by atoms with E-state index in [-0.39, 0.29) is 0 Å². The van der Waals surface area contributed by atoms with Crippen molar-refractivity contribution in [1.82, 2.24) is 50.0 Å². The predicted octanol–water partition coefficient (Wildman–Crippen LogP) is 25.6. The molecule has 6 aromatic carbocycles. The first kappa shape index (κ1) is 95.3. The van der Waals surface area contributed by atoms with Crippen LogP contribution in [0.2, 0.25) is 0 Å². The third-order valence-corrected chi connectivity index (χ3v) is 25.4. The van der Waals surface area contributed by atoms with Crippen LogP contribution < -0.4 is 24.8 Å². The van der Waals surface area contributed by atoms with Crippen LogP contribution >= 0.6 is 0 Å². The normalized spacial score (nSPS) is 15.6. The van der Waals surface area contributed by atoms with Gasteiger partial charge < -0.3 is 33.9 Å². The van der Waals surface area contributed by atoms with Crippen molar-refractivity contribution in [2.45, 2.75) is 209 Å². The number of methoxy groups -OCH3 is 1. The number of amidine groups is 1. The maximum Gasteiger partial charge on any atom is 0.225 e. The smallest absolute Gasteiger partial charge is 0.225 e. The fourth-order valence-electron chi connectivity index (χ4n) is 17.0. The summed E-state index contributed by atoms with van der Waals surface area (Å²) in [6, 6.07) is 69.0. The topological polar surface area (TPSA) is 162 Å². The highest BCUT2D eigenvalue weighted by Crippen LogP contribution is 2.34. The maximum atomic E-state index is 6.02. The van der Waals surface area contributed by atoms with Gasteiger partial charge in [-0.2, -0.15) is 0 Å². The van der Waals surface area contributed by atoms with Crippen LogP contribution in [0.15, 0.2) is 241 Å². The molecule has 17 nitrogen and oxygen atoms in total. The van der Waals surface area contributed by atoms with E-state index in [1.807, 2.05) is 49.3 Å². The molecule has 129 heavy (non-hydrogen) atoms. The van der Waals surface area contributed by atoms with Gasteiger partial charge in [-0.15, -0.1) is 0 Å². The molecule has 12 aromatic rings. The molecule has 12 heterocycles. The van der Waals surface area contributed by atoms with E-state index in [4.69, 9.17) is 18.9 Å². The van der Waals surface area contributed by atoms with E-state index in [9.17, 15) is 0 Å². The van der Waals surface area contributed by atoms with Crippen LogP contribution in [-0.2, 0) is 17.8 Å². The summed E-state index contributed by atoms with van der Waals surface area (Å²) in [5.74, 6) is 10.7. The number of morpholine rings is 1. The average molecular weight is 1730 g/mol. The van der Waals surface area contributed by atoms with Gasteiger partial charge in [0.1, 0.15) is 29.0 Å². The van der Waals surface area contributed by atoms with Crippen LogP contribution in [0.5, 0.6) is 5.88 Å². The average Bonchev–Trinajstić information content (AvgIpc) is 1.76. The summed E-state index contributed by atoms with van der Waals surface area (Å²) in [5, 5.41) is 3.26. The van der Waals surface area contributed by atoms with E-state index in [1.54, 1.807) is 7.11 Å². The Morgan fingerprint density at radius 2 is 0.806 bits per heavy atom. The summed E-state index contributed by atoms with van der Waals surface area (Å²) in [6.07, 6.45) is 26.1. The molecule has 18 rings (SSSR count). The number of hydrogen-bond donors (Lipinski definition) is 1. The number of benzene rings is 6. The summed E-state index contributed by atoms with van der Waals surface area (Å²) in [6.45, 7) is 45.2. The molecule has 5 saturated heterocycles. The number of likely N-dealkylation sites (tertiary alicyclic amines) is 1. The summed E-state index contributed by atoms with van der Waals surface area (Å²) in [5.41, 5.74) is 22.7. The number of ether oxygens (including phenoxy) is 2. The largest absolute Gasteiger partial charge is 0.480 e. The predicted molar refractivity (Wildman–Crippen MR) is 537 cm³/mol. The lowest BCUT2D eigenvalue weighted by atomic mass is 9.98. The molecule has 0 atom stereocenters. The van der Waals surface area contributed by atoms with Crippen molar-refractivity contribution in [3.63, 3.8) is 0 Å². The molecular weight excluding hydrogens is 1590 g/mol. The van der Waals surface area contributed by atoms with Crippen LogP contribution in [0.3, 0.4) is 0 Å². The Bertz CT molecular complexity index is 5290. The molecule has 6 aromatic heterocycles. The highest BCUT2D eigenvalue weighted by Gasteiger charge is 2.22. The number of nitrogens with one attached hydrogen (secondary N) is 1. The minimum Gasteiger partial charge on any atom is -0.480 e. The molecule has 0 radical (unpaired) electrons. The molecule has 0 bridgehead atoms. The summed E-state index contributed by atoms with van der Waals surface area (Å²) in [7, 11) is 1.65. The molecular formula is C112H142N14O3. The van der Waals surface area contributed by atoms with E-state index in [1.165, 1.54) is 145 Å². The summed E-state index contributed by atoms with van der Waals surface area (Å²) < 4.78 is 16.9. The van der Waals surface area contributed by atoms with Gasteiger partial charge in [-0.05, 0) is 236 Å². The highest BCUT2D eigenvalue weighted by molar-refractivity contribution is 6.02. The Kier molecular flexibility index (Phi) is 35.8. The number of pyridine rings is 3. The molecule has 17 heteroatoms. The first-order valence-corrected chi connectivity index (χ1v) is 48.1. The number of aliphatic imine (C=N–C) groups is 1. The van der Waals surface area contributed by atoms with Crippen LogP contribution in [-0.4, -0.2) is 149 Å². The molecule has 6 aliphatic rings. The second-order valence-corrected chi connectivity index (χ2v) is 37.3. The molecule has 1 N–H and O–H groups in total. The summed E-state index contributed by atoms with van der Waals surface area (Å²) in [4.78, 5) is 48.8. The van der Waals surface area contributed by atoms with Gasteiger partial charge in [0.05, 0.1) is 68.5 Å². The zero-order valence-electron chi connectivity index (χ0n) is 79.6. The van der Waals surface area contributed by atoms with Gasteiger partial charge in [-0.1, -0.05) is 224 Å². The van der Waals surface area contributed by atoms with E-state index < -0.39 is 0 Å². The Balaban J connectivity index is 0.000000132. The number of rotatable bonds is 21. The molecule has 0 spiro atoms. The molecule has 678 valence electrons. The number of nitrogens with zero attached hydrogens (tertiary/aromatic N) is 13. The Labute approximate surface area is 771 Å². The SMILES string of the molecule is CC(C)c1cccc(-c2ccc(CN3CCOCC3)o2)c1.CC(C)c1cccc(-c2ccc(N3CCCCC3)nc2)c1.CC(C)c1cccc(-c2cnc(CN3CCCCC3)cn2)c1.CC(C)c1cccc(-c2cnc(N3CCCCC3)nc2)c1.CC1CCN(c2ccc(-c3cccc(C(C)C)c3)cn2)CC1.COc1nc(-c2cccc(C(C)C)c2)ccc1C1=NCCN1. The van der Waals surface area contributed by atoms with Gasteiger partial charge in [0.25, 0.3) is 0 Å². The van der Waals surface area contributed by atoms with Gasteiger partial charge in [0.15, 0.2) is 0 Å². The number of aromatic nitrogens is 7. The van der Waals surface area contributed by atoms with Gasteiger partial charge in [0.2, 0.25) is 11.8 Å². The Morgan fingerprint density at radius 3 is 1.26 bits per heavy atom. The maximum absolute atomic E-state index is 6.02. The molecule has 0 aliphatic carbocycles. The Hall–Kier alpha value is -11.2. The van der Waals surface area contributed by atoms with Gasteiger partial charge in [0, 0.05) is 124 Å². The first-order chi connectivity index (χ1) is 62.7. The van der Waals surface area contributed by atoms with Crippen LogP contribution in [0, 0.1) is 5.92 Å². The molecule has 6 aliphatic heterocycles. The second kappa shape index (κ2) is 48.4. The summed E-state index contributed by atoms with van der Waals surface area (Å²) >= 11 is 0. The van der Waals surface area contributed by atoms with Crippen molar-refractivity contribution in [3.05, 3.63) is 282 Å². The minimum atomic E-state index is 0.498. The van der Waals surface area contributed by atoms with Crippen molar-refractivity contribution >= 4 is 23.4 Å². The van der Waals surface area contributed by atoms with Gasteiger partial charge >= 0.3 is 0 Å². The van der Waals surface area contributed by atoms with Crippen LogP contribution in [0.1, 0.15) is 247 Å². The standard InChI is InChI=1S/C20H26N2.C19H25N3.C19H24N2.C18H21N3O.C18H23N3.C18H23NO2/c1-15(2)17-5-4-6-18(13-17)19-7-8-20(21-14-19)22-11-9-16(3)10-12-22;1-15(2)16-7-6-8-17(11-16)19-13-20-18(12-21-19)14-22-9-4-3-5-10-22;1-15(2)16-7-6-8-17(13-16)18-9-10-19(20-14-18)21-11-4-3-5-12-21;1-12(2)13-5-4-6-14(11-13)16-8-7-15(18(21-16)22-3)17-19-9-10-20-17;1-14(2)15-7-6-8-16(11-15)17-12-19-18(20-13-17)21-9-4-3-5-10-21;1-14(2)15-4-3-5-16(12-15)18-7-6-17(21-18)13-19-8-10-20-11-9-19/h4-8,13-16H,9-12H2,1-3H3;6-8,11-13,15H,3-5,9-10,14H2,1-2H3;6-10,13-15H,3-5,11-12H2,1-2H3;4-8,11-12H,9-10H2,1-3H3,(H,19,20);6-8,11-14H,3-5,9-10H2,1-2H3;3-7,12,14H,8-11,13H2,1-2H3. The number of furan rings is 1. The zero-order valence-corrected chi connectivity index (χ0v) is 79.6. The lowest BCUT2D eigenvalue weighted by Crippen LogP contribution is -2.35. The lowest BCUT2D eigenvalue weighted by molar-refractivity contribution is 0.0314. The van der Waals surface area contributed by atoms with Crippen molar-refractivity contribution in [2.24, 2.45) is 10.9 Å². The minimum absolute atomic E-state index is 0.498. The first-order valence-electron chi connectivity index (χ1n) is 48.1. The molecule has 0 unspecified atom stereocenters. The van der Waals surface area contributed by atoms with Crippen molar-refractivity contribution in [2.75, 3.05) is 114 Å². The molecule has 0 saturated carbocycles. The van der Waals surface area contributed by atoms with E-state index >= 15 is 0 Å². The van der Waals surface area contributed by atoms with Crippen molar-refractivity contribution in [3.8, 4) is 73.1 Å². The van der Waals surface area contributed by atoms with Gasteiger partial charge in [-0.25, -0.2) is 24.9 Å². The monoisotopic (exact) mass is 1730 g/mol. The number of anilines is 3. The zero-order chi connectivity index (χ0) is 90.4. The molecule has 0 amide bonds. The second-order valence-electron chi connectivity index (χ2n) is 37.3. The quantitative estimate of drug-likeness (QED) is 0.0722. The third kappa shape index (κ3) is 28.1. The van der Waals surface area contributed by atoms with E-state index in [2.05, 4.69) is 337 Å².